The first-order valence-electron chi connectivity index (χ1n) is 7.84. The van der Waals surface area contributed by atoms with E-state index >= 15 is 0 Å². The van der Waals surface area contributed by atoms with Gasteiger partial charge in [-0.05, 0) is 42.9 Å². The molecule has 0 aromatic rings. The quantitative estimate of drug-likeness (QED) is 0.805. The van der Waals surface area contributed by atoms with Crippen molar-refractivity contribution in [3.63, 3.8) is 0 Å². The van der Waals surface area contributed by atoms with Crippen molar-refractivity contribution >= 4 is 5.91 Å². The number of carbonyl (C=O) groups is 1. The second kappa shape index (κ2) is 7.28. The number of nitrogens with two attached hydrogens (primary N) is 1. The Bertz CT molecular complexity index is 270. The second-order valence-corrected chi connectivity index (χ2v) is 7.17. The van der Waals surface area contributed by atoms with Crippen molar-refractivity contribution in [2.75, 3.05) is 6.54 Å². The predicted molar refractivity (Wildman–Crippen MR) is 80.7 cm³/mol. The molecule has 0 radical (unpaired) electrons. The van der Waals surface area contributed by atoms with Crippen LogP contribution in [0.15, 0.2) is 0 Å². The van der Waals surface area contributed by atoms with Crippen LogP contribution in [0.5, 0.6) is 0 Å². The summed E-state index contributed by atoms with van der Waals surface area (Å²) in [4.78, 5) is 12.3. The summed E-state index contributed by atoms with van der Waals surface area (Å²) in [7, 11) is 0. The first-order chi connectivity index (χ1) is 8.81. The molecule has 0 spiro atoms. The Hall–Kier alpha value is -0.570. The van der Waals surface area contributed by atoms with Gasteiger partial charge in [0.15, 0.2) is 0 Å². The Morgan fingerprint density at radius 1 is 1.16 bits per heavy atom. The number of hydrogen-bond donors (Lipinski definition) is 2. The van der Waals surface area contributed by atoms with E-state index < -0.39 is 0 Å². The van der Waals surface area contributed by atoms with Crippen LogP contribution in [0.1, 0.15) is 53.9 Å². The standard InChI is InChI=1S/C16H32N2O/c1-10(2)15(11(3)4)9-18-16(19)13-6-12(5)7-14(17)8-13/h10-15H,6-9,17H2,1-5H3,(H,18,19). The van der Waals surface area contributed by atoms with Crippen LogP contribution in [0.4, 0.5) is 0 Å². The molecule has 3 heteroatoms. The molecule has 3 N–H and O–H groups in total. The van der Waals surface area contributed by atoms with Gasteiger partial charge in [-0.3, -0.25) is 4.79 Å². The minimum atomic E-state index is 0.124. The highest BCUT2D eigenvalue weighted by molar-refractivity contribution is 5.78. The summed E-state index contributed by atoms with van der Waals surface area (Å²) in [5.74, 6) is 2.68. The Morgan fingerprint density at radius 3 is 2.21 bits per heavy atom. The third-order valence-electron chi connectivity index (χ3n) is 4.57. The van der Waals surface area contributed by atoms with Gasteiger partial charge < -0.3 is 11.1 Å². The van der Waals surface area contributed by atoms with E-state index in [-0.39, 0.29) is 17.9 Å². The highest BCUT2D eigenvalue weighted by atomic mass is 16.1. The fraction of sp³-hybridized carbons (Fsp3) is 0.938. The largest absolute Gasteiger partial charge is 0.356 e. The predicted octanol–water partition coefficient (Wildman–Crippen LogP) is 2.79. The van der Waals surface area contributed by atoms with Crippen LogP contribution in [-0.2, 0) is 4.79 Å². The molecule has 1 fully saturated rings. The van der Waals surface area contributed by atoms with Gasteiger partial charge in [-0.2, -0.15) is 0 Å². The highest BCUT2D eigenvalue weighted by Crippen LogP contribution is 2.28. The van der Waals surface area contributed by atoms with E-state index in [0.29, 0.717) is 23.7 Å². The maximum atomic E-state index is 12.3. The highest BCUT2D eigenvalue weighted by Gasteiger charge is 2.29. The molecular formula is C16H32N2O. The Balaban J connectivity index is 2.46. The van der Waals surface area contributed by atoms with Crippen molar-refractivity contribution in [1.29, 1.82) is 0 Å². The van der Waals surface area contributed by atoms with Gasteiger partial charge in [0, 0.05) is 18.5 Å². The zero-order valence-electron chi connectivity index (χ0n) is 13.3. The molecule has 0 bridgehead atoms. The first kappa shape index (κ1) is 16.5. The molecule has 1 aliphatic carbocycles. The summed E-state index contributed by atoms with van der Waals surface area (Å²) in [6, 6.07) is 0.200. The molecule has 19 heavy (non-hydrogen) atoms. The fourth-order valence-electron chi connectivity index (χ4n) is 3.47. The lowest BCUT2D eigenvalue weighted by Gasteiger charge is -2.31. The van der Waals surface area contributed by atoms with Crippen LogP contribution in [0, 0.1) is 29.6 Å². The molecule has 1 rings (SSSR count). The second-order valence-electron chi connectivity index (χ2n) is 7.17. The molecule has 3 unspecified atom stereocenters. The van der Waals surface area contributed by atoms with Gasteiger partial charge in [-0.15, -0.1) is 0 Å². The van der Waals surface area contributed by atoms with Crippen LogP contribution >= 0.6 is 0 Å². The maximum Gasteiger partial charge on any atom is 0.223 e. The van der Waals surface area contributed by atoms with Crippen molar-refractivity contribution in [2.45, 2.75) is 59.9 Å². The van der Waals surface area contributed by atoms with Gasteiger partial charge in [0.1, 0.15) is 0 Å². The summed E-state index contributed by atoms with van der Waals surface area (Å²) in [5.41, 5.74) is 6.03. The van der Waals surface area contributed by atoms with Gasteiger partial charge in [0.25, 0.3) is 0 Å². The third kappa shape index (κ3) is 5.13. The molecule has 1 amide bonds. The van der Waals surface area contributed by atoms with E-state index in [1.54, 1.807) is 0 Å². The van der Waals surface area contributed by atoms with E-state index in [1.165, 1.54) is 0 Å². The van der Waals surface area contributed by atoms with Crippen molar-refractivity contribution in [3.05, 3.63) is 0 Å². The fourth-order valence-corrected chi connectivity index (χ4v) is 3.47. The van der Waals surface area contributed by atoms with Crippen LogP contribution in [0.3, 0.4) is 0 Å². The minimum absolute atomic E-state index is 0.124. The number of carbonyl (C=O) groups excluding carboxylic acids is 1. The summed E-state index contributed by atoms with van der Waals surface area (Å²) < 4.78 is 0. The van der Waals surface area contributed by atoms with E-state index in [2.05, 4.69) is 39.9 Å². The normalized spacial score (nSPS) is 28.2. The summed E-state index contributed by atoms with van der Waals surface area (Å²) in [6.45, 7) is 11.9. The molecule has 0 aromatic heterocycles. The average molecular weight is 268 g/mol. The van der Waals surface area contributed by atoms with Gasteiger partial charge in [0.2, 0.25) is 5.91 Å². The molecule has 3 nitrogen and oxygen atoms in total. The Kier molecular flexibility index (Phi) is 6.31. The SMILES string of the molecule is CC1CC(N)CC(C(=O)NCC(C(C)C)C(C)C)C1. The molecule has 0 aromatic carbocycles. The Labute approximate surface area is 118 Å². The van der Waals surface area contributed by atoms with E-state index in [4.69, 9.17) is 5.73 Å². The van der Waals surface area contributed by atoms with Gasteiger partial charge in [-0.1, -0.05) is 34.6 Å². The van der Waals surface area contributed by atoms with Crippen LogP contribution < -0.4 is 11.1 Å². The van der Waals surface area contributed by atoms with Gasteiger partial charge >= 0.3 is 0 Å². The third-order valence-corrected chi connectivity index (χ3v) is 4.57. The Morgan fingerprint density at radius 2 is 1.74 bits per heavy atom. The van der Waals surface area contributed by atoms with E-state index in [9.17, 15) is 4.79 Å². The van der Waals surface area contributed by atoms with Crippen molar-refractivity contribution < 1.29 is 4.79 Å². The van der Waals surface area contributed by atoms with E-state index in [1.807, 2.05) is 0 Å². The molecule has 1 saturated carbocycles. The lowest BCUT2D eigenvalue weighted by atomic mass is 9.79. The van der Waals surface area contributed by atoms with E-state index in [0.717, 1.165) is 25.8 Å². The van der Waals surface area contributed by atoms with Gasteiger partial charge in [0.05, 0.1) is 0 Å². The van der Waals surface area contributed by atoms with Crippen LogP contribution in [0.2, 0.25) is 0 Å². The maximum absolute atomic E-state index is 12.3. The molecule has 3 atom stereocenters. The number of nitrogens with one attached hydrogen (secondary N) is 1. The number of hydrogen-bond acceptors (Lipinski definition) is 2. The monoisotopic (exact) mass is 268 g/mol. The zero-order chi connectivity index (χ0) is 14.6. The summed E-state index contributed by atoms with van der Waals surface area (Å²) >= 11 is 0. The molecular weight excluding hydrogens is 236 g/mol. The van der Waals surface area contributed by atoms with Crippen molar-refractivity contribution in [2.24, 2.45) is 35.3 Å². The molecule has 0 aliphatic heterocycles. The molecule has 1 aliphatic rings. The lowest BCUT2D eigenvalue weighted by Crippen LogP contribution is -2.42. The number of amides is 1. The molecule has 0 saturated heterocycles. The zero-order valence-corrected chi connectivity index (χ0v) is 13.3. The minimum Gasteiger partial charge on any atom is -0.356 e. The molecule has 112 valence electrons. The van der Waals surface area contributed by atoms with Crippen molar-refractivity contribution in [1.82, 2.24) is 5.32 Å². The van der Waals surface area contributed by atoms with Gasteiger partial charge in [-0.25, -0.2) is 0 Å². The smallest absolute Gasteiger partial charge is 0.223 e. The van der Waals surface area contributed by atoms with Crippen molar-refractivity contribution in [3.8, 4) is 0 Å². The molecule has 0 heterocycles. The summed E-state index contributed by atoms with van der Waals surface area (Å²) in [6.07, 6.45) is 2.90. The first-order valence-corrected chi connectivity index (χ1v) is 7.84. The average Bonchev–Trinajstić information content (AvgIpc) is 2.26. The van der Waals surface area contributed by atoms with Crippen LogP contribution in [0.25, 0.3) is 0 Å². The number of rotatable bonds is 5. The summed E-state index contributed by atoms with van der Waals surface area (Å²) in [5, 5.41) is 3.16. The lowest BCUT2D eigenvalue weighted by molar-refractivity contribution is -0.126. The van der Waals surface area contributed by atoms with Crippen LogP contribution in [-0.4, -0.2) is 18.5 Å². The topological polar surface area (TPSA) is 55.1 Å².